The van der Waals surface area contributed by atoms with Gasteiger partial charge < -0.3 is 10.1 Å². The number of rotatable bonds is 8. The summed E-state index contributed by atoms with van der Waals surface area (Å²) in [5, 5.41) is 3.72. The molecule has 0 spiro atoms. The highest BCUT2D eigenvalue weighted by Gasteiger charge is 2.20. The SMILES string of the molecule is CCCNC(Cc1cc(Br)cc2c1OCC2)CC(C)CC. The fraction of sp³-hybridized carbons (Fsp3) is 0.667. The van der Waals surface area contributed by atoms with Crippen molar-refractivity contribution in [2.75, 3.05) is 13.2 Å². The Bertz CT molecular complexity index is 461. The quantitative estimate of drug-likeness (QED) is 0.729. The Morgan fingerprint density at radius 1 is 1.33 bits per heavy atom. The summed E-state index contributed by atoms with van der Waals surface area (Å²) in [5.41, 5.74) is 2.71. The van der Waals surface area contributed by atoms with Crippen molar-refractivity contribution in [3.05, 3.63) is 27.7 Å². The third-order valence-corrected chi connectivity index (χ3v) is 4.82. The molecule has 1 N–H and O–H groups in total. The van der Waals surface area contributed by atoms with Gasteiger partial charge in [0.05, 0.1) is 6.61 Å². The molecular formula is C18H28BrNO. The van der Waals surface area contributed by atoms with Gasteiger partial charge in [-0.1, -0.05) is 43.1 Å². The fourth-order valence-electron chi connectivity index (χ4n) is 3.00. The molecule has 0 saturated heterocycles. The van der Waals surface area contributed by atoms with Crippen LogP contribution in [0.2, 0.25) is 0 Å². The van der Waals surface area contributed by atoms with Crippen LogP contribution >= 0.6 is 15.9 Å². The molecule has 2 unspecified atom stereocenters. The Balaban J connectivity index is 2.12. The van der Waals surface area contributed by atoms with Crippen LogP contribution in [0.3, 0.4) is 0 Å². The molecule has 0 aliphatic carbocycles. The molecule has 1 aromatic carbocycles. The van der Waals surface area contributed by atoms with E-state index in [4.69, 9.17) is 4.74 Å². The molecule has 21 heavy (non-hydrogen) atoms. The minimum atomic E-state index is 0.544. The van der Waals surface area contributed by atoms with Gasteiger partial charge in [-0.3, -0.25) is 0 Å². The predicted octanol–water partition coefficient (Wildman–Crippen LogP) is 4.73. The number of fused-ring (bicyclic) bond motifs is 1. The van der Waals surface area contributed by atoms with Gasteiger partial charge in [0, 0.05) is 16.9 Å². The number of nitrogens with one attached hydrogen (secondary N) is 1. The van der Waals surface area contributed by atoms with Crippen LogP contribution < -0.4 is 10.1 Å². The van der Waals surface area contributed by atoms with Crippen LogP contribution in [-0.4, -0.2) is 19.2 Å². The lowest BCUT2D eigenvalue weighted by Gasteiger charge is -2.23. The summed E-state index contributed by atoms with van der Waals surface area (Å²) in [6.07, 6.45) is 5.77. The minimum Gasteiger partial charge on any atom is -0.493 e. The largest absolute Gasteiger partial charge is 0.493 e. The second kappa shape index (κ2) is 8.19. The van der Waals surface area contributed by atoms with E-state index < -0.39 is 0 Å². The molecular weight excluding hydrogens is 326 g/mol. The van der Waals surface area contributed by atoms with Gasteiger partial charge in [0.1, 0.15) is 5.75 Å². The monoisotopic (exact) mass is 353 g/mol. The number of hydrogen-bond donors (Lipinski definition) is 1. The lowest BCUT2D eigenvalue weighted by atomic mass is 9.93. The Labute approximate surface area is 137 Å². The van der Waals surface area contributed by atoms with Crippen LogP contribution in [0.4, 0.5) is 0 Å². The first-order chi connectivity index (χ1) is 10.1. The Morgan fingerprint density at radius 3 is 2.86 bits per heavy atom. The van der Waals surface area contributed by atoms with E-state index in [1.54, 1.807) is 0 Å². The van der Waals surface area contributed by atoms with Crippen LogP contribution in [0, 0.1) is 5.92 Å². The highest BCUT2D eigenvalue weighted by atomic mass is 79.9. The maximum absolute atomic E-state index is 5.87. The van der Waals surface area contributed by atoms with Gasteiger partial charge >= 0.3 is 0 Å². The number of hydrogen-bond acceptors (Lipinski definition) is 2. The van der Waals surface area contributed by atoms with Crippen molar-refractivity contribution in [3.8, 4) is 5.75 Å². The summed E-state index contributed by atoms with van der Waals surface area (Å²) in [7, 11) is 0. The van der Waals surface area contributed by atoms with Crippen molar-refractivity contribution in [2.24, 2.45) is 5.92 Å². The van der Waals surface area contributed by atoms with Gasteiger partial charge in [-0.05, 0) is 55.0 Å². The molecule has 0 saturated carbocycles. The van der Waals surface area contributed by atoms with Gasteiger partial charge in [0.2, 0.25) is 0 Å². The lowest BCUT2D eigenvalue weighted by molar-refractivity contribution is 0.346. The van der Waals surface area contributed by atoms with Gasteiger partial charge in [0.15, 0.2) is 0 Å². The molecule has 2 nitrogen and oxygen atoms in total. The van der Waals surface area contributed by atoms with E-state index in [0.29, 0.717) is 6.04 Å². The molecule has 0 aromatic heterocycles. The summed E-state index contributed by atoms with van der Waals surface area (Å²) in [6, 6.07) is 4.98. The molecule has 2 atom stereocenters. The number of ether oxygens (including phenoxy) is 1. The topological polar surface area (TPSA) is 21.3 Å². The smallest absolute Gasteiger partial charge is 0.125 e. The zero-order valence-corrected chi connectivity index (χ0v) is 15.1. The molecule has 3 heteroatoms. The van der Waals surface area contributed by atoms with Crippen LogP contribution in [0.25, 0.3) is 0 Å². The van der Waals surface area contributed by atoms with E-state index in [9.17, 15) is 0 Å². The third kappa shape index (κ3) is 4.72. The molecule has 0 radical (unpaired) electrons. The zero-order chi connectivity index (χ0) is 15.2. The minimum absolute atomic E-state index is 0.544. The van der Waals surface area contributed by atoms with Gasteiger partial charge in [-0.25, -0.2) is 0 Å². The summed E-state index contributed by atoms with van der Waals surface area (Å²) >= 11 is 3.65. The summed E-state index contributed by atoms with van der Waals surface area (Å²) in [4.78, 5) is 0. The van der Waals surface area contributed by atoms with Crippen molar-refractivity contribution >= 4 is 15.9 Å². The molecule has 0 fully saturated rings. The van der Waals surface area contributed by atoms with Crippen molar-refractivity contribution in [1.82, 2.24) is 5.32 Å². The maximum atomic E-state index is 5.87. The van der Waals surface area contributed by atoms with Crippen molar-refractivity contribution in [1.29, 1.82) is 0 Å². The summed E-state index contributed by atoms with van der Waals surface area (Å²) in [6.45, 7) is 8.78. The van der Waals surface area contributed by atoms with Crippen molar-refractivity contribution in [2.45, 2.75) is 58.9 Å². The van der Waals surface area contributed by atoms with Crippen molar-refractivity contribution < 1.29 is 4.74 Å². The standard InChI is InChI=1S/C18H28BrNO/c1-4-7-20-17(9-13(3)5-2)12-15-11-16(19)10-14-6-8-21-18(14)15/h10-11,13,17,20H,4-9,12H2,1-3H3. The van der Waals surface area contributed by atoms with Crippen LogP contribution in [0.5, 0.6) is 5.75 Å². The van der Waals surface area contributed by atoms with Gasteiger partial charge in [0.25, 0.3) is 0 Å². The third-order valence-electron chi connectivity index (χ3n) is 4.36. The van der Waals surface area contributed by atoms with E-state index in [-0.39, 0.29) is 0 Å². The molecule has 118 valence electrons. The molecule has 0 amide bonds. The Morgan fingerprint density at radius 2 is 2.14 bits per heavy atom. The van der Waals surface area contributed by atoms with E-state index in [0.717, 1.165) is 37.7 Å². The Hall–Kier alpha value is -0.540. The average Bonchev–Trinajstić information content (AvgIpc) is 2.92. The Kier molecular flexibility index (Phi) is 6.56. The number of benzene rings is 1. The molecule has 2 rings (SSSR count). The molecule has 0 bridgehead atoms. The normalized spacial score (nSPS) is 16.4. The second-order valence-electron chi connectivity index (χ2n) is 6.26. The van der Waals surface area contributed by atoms with Crippen LogP contribution in [-0.2, 0) is 12.8 Å². The lowest BCUT2D eigenvalue weighted by Crippen LogP contribution is -2.33. The fourth-order valence-corrected chi connectivity index (χ4v) is 3.56. The highest BCUT2D eigenvalue weighted by molar-refractivity contribution is 9.10. The summed E-state index contributed by atoms with van der Waals surface area (Å²) in [5.74, 6) is 1.91. The zero-order valence-electron chi connectivity index (χ0n) is 13.5. The first kappa shape index (κ1) is 16.8. The van der Waals surface area contributed by atoms with E-state index in [1.165, 1.54) is 34.9 Å². The van der Waals surface area contributed by atoms with E-state index in [1.807, 2.05) is 0 Å². The predicted molar refractivity (Wildman–Crippen MR) is 93.2 cm³/mol. The van der Waals surface area contributed by atoms with Crippen LogP contribution in [0.15, 0.2) is 16.6 Å². The molecule has 1 aliphatic rings. The van der Waals surface area contributed by atoms with Crippen molar-refractivity contribution in [3.63, 3.8) is 0 Å². The van der Waals surface area contributed by atoms with Crippen LogP contribution in [0.1, 0.15) is 51.2 Å². The molecule has 1 aromatic rings. The van der Waals surface area contributed by atoms with Gasteiger partial charge in [-0.15, -0.1) is 0 Å². The first-order valence-corrected chi connectivity index (χ1v) is 9.10. The van der Waals surface area contributed by atoms with E-state index >= 15 is 0 Å². The first-order valence-electron chi connectivity index (χ1n) is 8.31. The van der Waals surface area contributed by atoms with Gasteiger partial charge in [-0.2, -0.15) is 0 Å². The molecule has 1 heterocycles. The maximum Gasteiger partial charge on any atom is 0.125 e. The average molecular weight is 354 g/mol. The molecule has 1 aliphatic heterocycles. The highest BCUT2D eigenvalue weighted by Crippen LogP contribution is 2.34. The second-order valence-corrected chi connectivity index (χ2v) is 7.17. The van der Waals surface area contributed by atoms with E-state index in [2.05, 4.69) is 54.2 Å². The number of halogens is 1. The summed E-state index contributed by atoms with van der Waals surface area (Å²) < 4.78 is 7.05.